The van der Waals surface area contributed by atoms with Crippen LogP contribution in [0.3, 0.4) is 0 Å². The Kier molecular flexibility index (Phi) is 4.50. The molecule has 0 bridgehead atoms. The Morgan fingerprint density at radius 2 is 2.00 bits per heavy atom. The molecule has 1 aromatic rings. The number of nitrogens with two attached hydrogens (primary N) is 1. The summed E-state index contributed by atoms with van der Waals surface area (Å²) >= 11 is 0. The molecule has 0 spiro atoms. The van der Waals surface area contributed by atoms with E-state index in [0.29, 0.717) is 19.6 Å². The molecule has 19 heavy (non-hydrogen) atoms. The minimum Gasteiger partial charge on any atom is -0.336 e. The maximum Gasteiger partial charge on any atom is 0.256 e. The Balaban J connectivity index is 2.03. The van der Waals surface area contributed by atoms with E-state index in [1.165, 1.54) is 6.07 Å². The smallest absolute Gasteiger partial charge is 0.256 e. The highest BCUT2D eigenvalue weighted by Crippen LogP contribution is 2.14. The summed E-state index contributed by atoms with van der Waals surface area (Å²) in [6, 6.07) is 4.64. The first-order valence-corrected chi connectivity index (χ1v) is 6.59. The van der Waals surface area contributed by atoms with Crippen LogP contribution in [-0.4, -0.2) is 55.0 Å². The van der Waals surface area contributed by atoms with Crippen LogP contribution in [0.2, 0.25) is 0 Å². The van der Waals surface area contributed by atoms with E-state index in [-0.39, 0.29) is 11.5 Å². The standard InChI is InChI=1S/C14H20FN3O/c1-11-2-3-13(15)12(10-11)14(19)18-8-6-17(5-4-16)7-9-18/h2-3,10H,4-9,16H2,1H3. The van der Waals surface area contributed by atoms with Crippen molar-refractivity contribution in [3.63, 3.8) is 0 Å². The summed E-state index contributed by atoms with van der Waals surface area (Å²) in [6.45, 7) is 6.20. The number of benzene rings is 1. The zero-order chi connectivity index (χ0) is 13.8. The highest BCUT2D eigenvalue weighted by Gasteiger charge is 2.23. The van der Waals surface area contributed by atoms with Gasteiger partial charge in [0.15, 0.2) is 0 Å². The Hall–Kier alpha value is -1.46. The molecule has 5 heteroatoms. The van der Waals surface area contributed by atoms with Crippen molar-refractivity contribution in [2.45, 2.75) is 6.92 Å². The first-order chi connectivity index (χ1) is 9.11. The molecule has 1 aliphatic heterocycles. The van der Waals surface area contributed by atoms with Crippen molar-refractivity contribution in [3.05, 3.63) is 35.1 Å². The van der Waals surface area contributed by atoms with Crippen LogP contribution in [-0.2, 0) is 0 Å². The predicted molar refractivity (Wildman–Crippen MR) is 72.5 cm³/mol. The van der Waals surface area contributed by atoms with E-state index in [2.05, 4.69) is 4.90 Å². The van der Waals surface area contributed by atoms with Crippen molar-refractivity contribution < 1.29 is 9.18 Å². The molecule has 0 saturated carbocycles. The van der Waals surface area contributed by atoms with Gasteiger partial charge < -0.3 is 10.6 Å². The average molecular weight is 265 g/mol. The number of carbonyl (C=O) groups is 1. The molecule has 0 radical (unpaired) electrons. The van der Waals surface area contributed by atoms with Crippen LogP contribution in [0.4, 0.5) is 4.39 Å². The van der Waals surface area contributed by atoms with Gasteiger partial charge in [-0.2, -0.15) is 0 Å². The van der Waals surface area contributed by atoms with E-state index in [0.717, 1.165) is 25.2 Å². The van der Waals surface area contributed by atoms with Crippen LogP contribution in [0.1, 0.15) is 15.9 Å². The van der Waals surface area contributed by atoms with E-state index in [9.17, 15) is 9.18 Å². The van der Waals surface area contributed by atoms with E-state index in [1.54, 1.807) is 17.0 Å². The molecule has 1 aromatic carbocycles. The fourth-order valence-corrected chi connectivity index (χ4v) is 2.33. The Morgan fingerprint density at radius 3 is 2.63 bits per heavy atom. The summed E-state index contributed by atoms with van der Waals surface area (Å²) in [7, 11) is 0. The molecule has 1 heterocycles. The van der Waals surface area contributed by atoms with Gasteiger partial charge in [-0.15, -0.1) is 0 Å². The van der Waals surface area contributed by atoms with Crippen LogP contribution >= 0.6 is 0 Å². The molecule has 2 rings (SSSR count). The second kappa shape index (κ2) is 6.12. The number of carbonyl (C=O) groups excluding carboxylic acids is 1. The van der Waals surface area contributed by atoms with Crippen molar-refractivity contribution in [1.82, 2.24) is 9.80 Å². The number of rotatable bonds is 3. The van der Waals surface area contributed by atoms with Crippen LogP contribution in [0.5, 0.6) is 0 Å². The second-order valence-electron chi connectivity index (χ2n) is 4.91. The summed E-state index contributed by atoms with van der Waals surface area (Å²) in [5, 5.41) is 0. The maximum absolute atomic E-state index is 13.7. The normalized spacial score (nSPS) is 16.7. The van der Waals surface area contributed by atoms with Gasteiger partial charge in [0.05, 0.1) is 5.56 Å². The zero-order valence-corrected chi connectivity index (χ0v) is 11.2. The van der Waals surface area contributed by atoms with E-state index in [1.807, 2.05) is 6.92 Å². The van der Waals surface area contributed by atoms with Gasteiger partial charge in [-0.25, -0.2) is 4.39 Å². The number of amides is 1. The van der Waals surface area contributed by atoms with Crippen molar-refractivity contribution >= 4 is 5.91 Å². The second-order valence-corrected chi connectivity index (χ2v) is 4.91. The first kappa shape index (κ1) is 14.0. The lowest BCUT2D eigenvalue weighted by Gasteiger charge is -2.34. The first-order valence-electron chi connectivity index (χ1n) is 6.59. The quantitative estimate of drug-likeness (QED) is 0.881. The number of hydrogen-bond donors (Lipinski definition) is 1. The fraction of sp³-hybridized carbons (Fsp3) is 0.500. The summed E-state index contributed by atoms with van der Waals surface area (Å²) in [4.78, 5) is 16.2. The molecule has 1 fully saturated rings. The van der Waals surface area contributed by atoms with Gasteiger partial charge in [0.2, 0.25) is 0 Å². The average Bonchev–Trinajstić information content (AvgIpc) is 2.42. The molecule has 0 unspecified atom stereocenters. The topological polar surface area (TPSA) is 49.6 Å². The molecule has 0 atom stereocenters. The highest BCUT2D eigenvalue weighted by molar-refractivity contribution is 5.94. The minimum absolute atomic E-state index is 0.173. The van der Waals surface area contributed by atoms with Gasteiger partial charge in [0.1, 0.15) is 5.82 Å². The molecule has 0 aromatic heterocycles. The Morgan fingerprint density at radius 1 is 1.32 bits per heavy atom. The van der Waals surface area contributed by atoms with Gasteiger partial charge in [-0.3, -0.25) is 9.69 Å². The number of nitrogens with zero attached hydrogens (tertiary/aromatic N) is 2. The lowest BCUT2D eigenvalue weighted by Crippen LogP contribution is -2.49. The zero-order valence-electron chi connectivity index (χ0n) is 11.2. The van der Waals surface area contributed by atoms with Crippen molar-refractivity contribution in [1.29, 1.82) is 0 Å². The molecule has 1 amide bonds. The van der Waals surface area contributed by atoms with Crippen molar-refractivity contribution in [3.8, 4) is 0 Å². The minimum atomic E-state index is -0.444. The summed E-state index contributed by atoms with van der Waals surface area (Å²) in [6.07, 6.45) is 0. The molecule has 2 N–H and O–H groups in total. The maximum atomic E-state index is 13.7. The lowest BCUT2D eigenvalue weighted by atomic mass is 10.1. The summed E-state index contributed by atoms with van der Waals surface area (Å²) < 4.78 is 13.7. The van der Waals surface area contributed by atoms with E-state index >= 15 is 0 Å². The van der Waals surface area contributed by atoms with E-state index in [4.69, 9.17) is 5.73 Å². The fourth-order valence-electron chi connectivity index (χ4n) is 2.33. The van der Waals surface area contributed by atoms with Crippen LogP contribution in [0, 0.1) is 12.7 Å². The van der Waals surface area contributed by atoms with Gasteiger partial charge >= 0.3 is 0 Å². The third kappa shape index (κ3) is 3.30. The Bertz CT molecular complexity index is 456. The number of hydrogen-bond acceptors (Lipinski definition) is 3. The molecular weight excluding hydrogens is 245 g/mol. The summed E-state index contributed by atoms with van der Waals surface area (Å²) in [5.74, 6) is -0.659. The van der Waals surface area contributed by atoms with Crippen molar-refractivity contribution in [2.75, 3.05) is 39.3 Å². The largest absolute Gasteiger partial charge is 0.336 e. The third-order valence-corrected chi connectivity index (χ3v) is 3.46. The molecule has 4 nitrogen and oxygen atoms in total. The molecule has 1 aliphatic rings. The number of piperazine rings is 1. The van der Waals surface area contributed by atoms with Gasteiger partial charge in [0, 0.05) is 39.3 Å². The molecule has 0 aliphatic carbocycles. The van der Waals surface area contributed by atoms with Crippen LogP contribution < -0.4 is 5.73 Å². The lowest BCUT2D eigenvalue weighted by molar-refractivity contribution is 0.0636. The van der Waals surface area contributed by atoms with E-state index < -0.39 is 5.82 Å². The monoisotopic (exact) mass is 265 g/mol. The third-order valence-electron chi connectivity index (χ3n) is 3.46. The van der Waals surface area contributed by atoms with Gasteiger partial charge in [-0.05, 0) is 19.1 Å². The predicted octanol–water partition coefficient (Wildman–Crippen LogP) is 0.851. The van der Waals surface area contributed by atoms with Gasteiger partial charge in [-0.1, -0.05) is 11.6 Å². The van der Waals surface area contributed by atoms with Gasteiger partial charge in [0.25, 0.3) is 5.91 Å². The number of halogens is 1. The van der Waals surface area contributed by atoms with Crippen molar-refractivity contribution in [2.24, 2.45) is 5.73 Å². The molecule has 104 valence electrons. The molecule has 1 saturated heterocycles. The van der Waals surface area contributed by atoms with Crippen LogP contribution in [0.15, 0.2) is 18.2 Å². The number of aryl methyl sites for hydroxylation is 1. The Labute approximate surface area is 113 Å². The SMILES string of the molecule is Cc1ccc(F)c(C(=O)N2CCN(CCN)CC2)c1. The molecular formula is C14H20FN3O. The highest BCUT2D eigenvalue weighted by atomic mass is 19.1. The summed E-state index contributed by atoms with van der Waals surface area (Å²) in [5.41, 5.74) is 6.58. The van der Waals surface area contributed by atoms with Crippen LogP contribution in [0.25, 0.3) is 0 Å².